The fraction of sp³-hybridized carbons (Fsp3) is 0.550. The molecule has 0 atom stereocenters. The lowest BCUT2D eigenvalue weighted by molar-refractivity contribution is 0.236. The van der Waals surface area contributed by atoms with Crippen LogP contribution >= 0.6 is 0 Å². The number of benzene rings is 1. The number of urea groups is 1. The fourth-order valence-corrected chi connectivity index (χ4v) is 2.81. The highest BCUT2D eigenvalue weighted by atomic mass is 16.5. The maximum absolute atomic E-state index is 11.7. The third-order valence-corrected chi connectivity index (χ3v) is 4.32. The minimum absolute atomic E-state index is 0.120. The second-order valence-electron chi connectivity index (χ2n) is 6.61. The van der Waals surface area contributed by atoms with Crippen molar-refractivity contribution < 1.29 is 9.53 Å². The molecule has 24 heavy (non-hydrogen) atoms. The van der Waals surface area contributed by atoms with Crippen molar-refractivity contribution in [3.8, 4) is 5.75 Å². The van der Waals surface area contributed by atoms with Crippen molar-refractivity contribution in [2.75, 3.05) is 19.7 Å². The number of nitrogens with one attached hydrogen (secondary N) is 2. The van der Waals surface area contributed by atoms with Crippen LogP contribution < -0.4 is 15.4 Å². The first-order valence-corrected chi connectivity index (χ1v) is 9.07. The minimum atomic E-state index is -0.120. The van der Waals surface area contributed by atoms with Gasteiger partial charge in [0, 0.05) is 6.54 Å². The van der Waals surface area contributed by atoms with Crippen molar-refractivity contribution >= 4 is 6.03 Å². The molecule has 0 aromatic heterocycles. The number of carbonyl (C=O) groups excluding carboxylic acids is 1. The van der Waals surface area contributed by atoms with Gasteiger partial charge in [-0.1, -0.05) is 37.6 Å². The molecule has 1 aliphatic rings. The van der Waals surface area contributed by atoms with E-state index in [0.717, 1.165) is 12.2 Å². The fourth-order valence-electron chi connectivity index (χ4n) is 2.81. The highest BCUT2D eigenvalue weighted by Gasteiger charge is 2.05. The largest absolute Gasteiger partial charge is 0.492 e. The number of hydrogen-bond acceptors (Lipinski definition) is 2. The lowest BCUT2D eigenvalue weighted by Gasteiger charge is -2.13. The van der Waals surface area contributed by atoms with E-state index in [1.807, 2.05) is 12.1 Å². The number of amides is 2. The van der Waals surface area contributed by atoms with Crippen LogP contribution in [0.2, 0.25) is 0 Å². The normalized spacial score (nSPS) is 14.2. The van der Waals surface area contributed by atoms with Gasteiger partial charge in [0.25, 0.3) is 0 Å². The van der Waals surface area contributed by atoms with Crippen LogP contribution in [0.5, 0.6) is 5.75 Å². The second kappa shape index (κ2) is 10.0. The van der Waals surface area contributed by atoms with E-state index in [1.165, 1.54) is 36.8 Å². The van der Waals surface area contributed by atoms with E-state index in [9.17, 15) is 4.79 Å². The van der Waals surface area contributed by atoms with E-state index >= 15 is 0 Å². The average molecular weight is 330 g/mol. The SMILES string of the molecule is CC(C)c1ccc(OCCNC(=O)NCCC2=CCCCC2)cc1. The molecule has 0 bridgehead atoms. The van der Waals surface area contributed by atoms with Gasteiger partial charge in [-0.15, -0.1) is 0 Å². The molecule has 2 rings (SSSR count). The molecule has 4 heteroatoms. The molecule has 0 spiro atoms. The van der Waals surface area contributed by atoms with Gasteiger partial charge in [0.05, 0.1) is 6.54 Å². The van der Waals surface area contributed by atoms with E-state index in [1.54, 1.807) is 0 Å². The Labute approximate surface area is 145 Å². The molecule has 4 nitrogen and oxygen atoms in total. The Bertz CT molecular complexity index is 535. The lowest BCUT2D eigenvalue weighted by Crippen LogP contribution is -2.38. The predicted molar refractivity (Wildman–Crippen MR) is 98.6 cm³/mol. The summed E-state index contributed by atoms with van der Waals surface area (Å²) in [5.41, 5.74) is 2.78. The van der Waals surface area contributed by atoms with Crippen molar-refractivity contribution in [2.24, 2.45) is 0 Å². The molecule has 0 fully saturated rings. The lowest BCUT2D eigenvalue weighted by atomic mass is 9.97. The third-order valence-electron chi connectivity index (χ3n) is 4.32. The summed E-state index contributed by atoms with van der Waals surface area (Å²) < 4.78 is 5.64. The van der Waals surface area contributed by atoms with E-state index in [4.69, 9.17) is 4.74 Å². The van der Waals surface area contributed by atoms with Crippen LogP contribution in [0.3, 0.4) is 0 Å². The van der Waals surface area contributed by atoms with Crippen molar-refractivity contribution in [3.05, 3.63) is 41.5 Å². The van der Waals surface area contributed by atoms with Gasteiger partial charge in [-0.05, 0) is 55.7 Å². The minimum Gasteiger partial charge on any atom is -0.492 e. The molecule has 2 amide bonds. The molecule has 132 valence electrons. The first kappa shape index (κ1) is 18.4. The predicted octanol–water partition coefficient (Wildman–Crippen LogP) is 4.38. The standard InChI is InChI=1S/C20H30N2O2/c1-16(2)18-8-10-19(11-9-18)24-15-14-22-20(23)21-13-12-17-6-4-3-5-7-17/h6,8-11,16H,3-5,7,12-15H2,1-2H3,(H2,21,22,23). The summed E-state index contributed by atoms with van der Waals surface area (Å²) in [6, 6.07) is 8.01. The van der Waals surface area contributed by atoms with Crippen LogP contribution in [-0.4, -0.2) is 25.7 Å². The third kappa shape index (κ3) is 6.65. The van der Waals surface area contributed by atoms with Gasteiger partial charge in [0.2, 0.25) is 0 Å². The zero-order valence-corrected chi connectivity index (χ0v) is 14.9. The van der Waals surface area contributed by atoms with Gasteiger partial charge >= 0.3 is 6.03 Å². The van der Waals surface area contributed by atoms with Crippen LogP contribution in [0.4, 0.5) is 4.79 Å². The number of allylic oxidation sites excluding steroid dienone is 1. The Morgan fingerprint density at radius 3 is 2.54 bits per heavy atom. The maximum atomic E-state index is 11.7. The summed E-state index contributed by atoms with van der Waals surface area (Å²) in [6.45, 7) is 6.02. The van der Waals surface area contributed by atoms with Crippen molar-refractivity contribution in [3.63, 3.8) is 0 Å². The van der Waals surface area contributed by atoms with Crippen molar-refractivity contribution in [2.45, 2.75) is 51.9 Å². The molecule has 1 aromatic rings. The number of ether oxygens (including phenoxy) is 1. The van der Waals surface area contributed by atoms with Crippen LogP contribution in [0.1, 0.15) is 57.4 Å². The van der Waals surface area contributed by atoms with Gasteiger partial charge in [0.15, 0.2) is 0 Å². The summed E-state index contributed by atoms with van der Waals surface area (Å²) in [5.74, 6) is 1.36. The van der Waals surface area contributed by atoms with Gasteiger partial charge < -0.3 is 15.4 Å². The molecule has 1 aliphatic carbocycles. The first-order chi connectivity index (χ1) is 11.6. The first-order valence-electron chi connectivity index (χ1n) is 9.07. The number of hydrogen-bond donors (Lipinski definition) is 2. The van der Waals surface area contributed by atoms with Gasteiger partial charge in [-0.3, -0.25) is 0 Å². The van der Waals surface area contributed by atoms with Crippen LogP contribution in [0, 0.1) is 0 Å². The Balaban J connectivity index is 1.54. The molecular weight excluding hydrogens is 300 g/mol. The number of rotatable bonds is 8. The second-order valence-corrected chi connectivity index (χ2v) is 6.61. The van der Waals surface area contributed by atoms with Gasteiger partial charge in [-0.25, -0.2) is 4.79 Å². The average Bonchev–Trinajstić information content (AvgIpc) is 2.60. The molecule has 0 saturated heterocycles. The molecule has 0 aliphatic heterocycles. The van der Waals surface area contributed by atoms with E-state index < -0.39 is 0 Å². The summed E-state index contributed by atoms with van der Waals surface area (Å²) >= 11 is 0. The zero-order valence-electron chi connectivity index (χ0n) is 14.9. The van der Waals surface area contributed by atoms with Gasteiger partial charge in [0.1, 0.15) is 12.4 Å². The van der Waals surface area contributed by atoms with E-state index in [-0.39, 0.29) is 6.03 Å². The summed E-state index contributed by atoms with van der Waals surface area (Å²) in [5, 5.41) is 5.73. The summed E-state index contributed by atoms with van der Waals surface area (Å²) in [4.78, 5) is 11.7. The maximum Gasteiger partial charge on any atom is 0.314 e. The highest BCUT2D eigenvalue weighted by molar-refractivity contribution is 5.73. The Morgan fingerprint density at radius 2 is 1.88 bits per heavy atom. The molecular formula is C20H30N2O2. The monoisotopic (exact) mass is 330 g/mol. The van der Waals surface area contributed by atoms with Gasteiger partial charge in [-0.2, -0.15) is 0 Å². The zero-order chi connectivity index (χ0) is 17.2. The van der Waals surface area contributed by atoms with E-state index in [2.05, 4.69) is 42.7 Å². The molecule has 1 aromatic carbocycles. The molecule has 0 heterocycles. The Hall–Kier alpha value is -1.97. The summed E-state index contributed by atoms with van der Waals surface area (Å²) in [6.07, 6.45) is 8.25. The number of carbonyl (C=O) groups is 1. The Morgan fingerprint density at radius 1 is 1.12 bits per heavy atom. The summed E-state index contributed by atoms with van der Waals surface area (Å²) in [7, 11) is 0. The van der Waals surface area contributed by atoms with Crippen LogP contribution in [0.25, 0.3) is 0 Å². The van der Waals surface area contributed by atoms with Crippen molar-refractivity contribution in [1.82, 2.24) is 10.6 Å². The van der Waals surface area contributed by atoms with E-state index in [0.29, 0.717) is 25.6 Å². The quantitative estimate of drug-likeness (QED) is 0.549. The van der Waals surface area contributed by atoms with Crippen molar-refractivity contribution in [1.29, 1.82) is 0 Å². The molecule has 0 radical (unpaired) electrons. The van der Waals surface area contributed by atoms with Crippen LogP contribution in [0.15, 0.2) is 35.9 Å². The Kier molecular flexibility index (Phi) is 7.66. The topological polar surface area (TPSA) is 50.4 Å². The highest BCUT2D eigenvalue weighted by Crippen LogP contribution is 2.19. The molecule has 2 N–H and O–H groups in total. The van der Waals surface area contributed by atoms with Crippen LogP contribution in [-0.2, 0) is 0 Å². The molecule has 0 saturated carbocycles. The molecule has 0 unspecified atom stereocenters. The smallest absolute Gasteiger partial charge is 0.314 e.